The summed E-state index contributed by atoms with van der Waals surface area (Å²) in [5.41, 5.74) is -0.641. The zero-order valence-corrected chi connectivity index (χ0v) is 14.5. The maximum absolute atomic E-state index is 12.3. The molecule has 1 saturated heterocycles. The fourth-order valence-electron chi connectivity index (χ4n) is 3.32. The van der Waals surface area contributed by atoms with Gasteiger partial charge >= 0.3 is 5.69 Å². The van der Waals surface area contributed by atoms with Crippen molar-refractivity contribution in [1.82, 2.24) is 9.13 Å². The number of ether oxygens (including phenoxy) is 1. The Morgan fingerprint density at radius 3 is 2.48 bits per heavy atom. The number of hydrogen-bond donors (Lipinski definition) is 0. The van der Waals surface area contributed by atoms with Crippen molar-refractivity contribution in [3.63, 3.8) is 0 Å². The Hall–Kier alpha value is -2.85. The maximum Gasteiger partial charge on any atom is 0.332 e. The monoisotopic (exact) mass is 340 g/mol. The zero-order chi connectivity index (χ0) is 18.2. The topological polar surface area (TPSA) is 80.3 Å². The van der Waals surface area contributed by atoms with Crippen LogP contribution in [0.3, 0.4) is 0 Å². The van der Waals surface area contributed by atoms with E-state index in [1.54, 1.807) is 7.05 Å². The van der Waals surface area contributed by atoms with Crippen LogP contribution < -0.4 is 16.1 Å². The van der Waals surface area contributed by atoms with E-state index in [0.29, 0.717) is 25.5 Å². The van der Waals surface area contributed by atoms with Gasteiger partial charge in [0.25, 0.3) is 5.56 Å². The number of benzene rings is 1. The third-order valence-electron chi connectivity index (χ3n) is 4.70. The first-order chi connectivity index (χ1) is 11.9. The number of aromatic nitrogens is 2. The molecule has 0 aliphatic carbocycles. The van der Waals surface area contributed by atoms with Crippen LogP contribution in [0.15, 0.2) is 39.9 Å². The largest absolute Gasteiger partial charge is 0.367 e. The Bertz CT molecular complexity index is 955. The summed E-state index contributed by atoms with van der Waals surface area (Å²) >= 11 is 0. The Morgan fingerprint density at radius 2 is 1.84 bits per heavy atom. The van der Waals surface area contributed by atoms with Crippen LogP contribution in [-0.2, 0) is 24.4 Å². The predicted molar refractivity (Wildman–Crippen MR) is 93.6 cm³/mol. The molecule has 1 aromatic carbocycles. The van der Waals surface area contributed by atoms with Gasteiger partial charge in [-0.25, -0.2) is 4.79 Å². The highest BCUT2D eigenvalue weighted by molar-refractivity contribution is 5.54. The molecule has 1 aromatic heterocycles. The van der Waals surface area contributed by atoms with Crippen molar-refractivity contribution in [2.24, 2.45) is 14.1 Å². The van der Waals surface area contributed by atoms with E-state index in [2.05, 4.69) is 0 Å². The lowest BCUT2D eigenvalue weighted by Gasteiger charge is -2.42. The minimum Gasteiger partial charge on any atom is -0.367 e. The molecule has 1 atom stereocenters. The van der Waals surface area contributed by atoms with Crippen LogP contribution in [0.2, 0.25) is 0 Å². The summed E-state index contributed by atoms with van der Waals surface area (Å²) < 4.78 is 8.32. The highest BCUT2D eigenvalue weighted by Gasteiger charge is 2.36. The van der Waals surface area contributed by atoms with E-state index >= 15 is 0 Å². The number of anilines is 1. The summed E-state index contributed by atoms with van der Waals surface area (Å²) in [5.74, 6) is 0.348. The molecule has 0 bridgehead atoms. The van der Waals surface area contributed by atoms with Crippen molar-refractivity contribution >= 4 is 5.82 Å². The van der Waals surface area contributed by atoms with Crippen LogP contribution in [0.4, 0.5) is 5.82 Å². The minimum absolute atomic E-state index is 0.0260. The Morgan fingerprint density at radius 1 is 1.16 bits per heavy atom. The van der Waals surface area contributed by atoms with Crippen molar-refractivity contribution in [1.29, 1.82) is 5.26 Å². The van der Waals surface area contributed by atoms with Gasteiger partial charge in [-0.1, -0.05) is 30.3 Å². The first-order valence-corrected chi connectivity index (χ1v) is 8.03. The van der Waals surface area contributed by atoms with Crippen molar-refractivity contribution in [3.8, 4) is 6.07 Å². The lowest BCUT2D eigenvalue weighted by Crippen LogP contribution is -2.51. The lowest BCUT2D eigenvalue weighted by molar-refractivity contribution is -0.0470. The molecule has 1 unspecified atom stereocenters. The van der Waals surface area contributed by atoms with Crippen LogP contribution in [0, 0.1) is 11.3 Å². The summed E-state index contributed by atoms with van der Waals surface area (Å²) in [6.07, 6.45) is 0. The summed E-state index contributed by atoms with van der Waals surface area (Å²) in [6, 6.07) is 11.7. The zero-order valence-electron chi connectivity index (χ0n) is 14.5. The van der Waals surface area contributed by atoms with E-state index in [0.717, 1.165) is 10.1 Å². The van der Waals surface area contributed by atoms with Crippen molar-refractivity contribution in [2.45, 2.75) is 12.5 Å². The predicted octanol–water partition coefficient (Wildman–Crippen LogP) is 0.708. The molecule has 7 nitrogen and oxygen atoms in total. The average molecular weight is 340 g/mol. The van der Waals surface area contributed by atoms with E-state index in [1.165, 1.54) is 11.6 Å². The van der Waals surface area contributed by atoms with E-state index in [-0.39, 0.29) is 5.56 Å². The molecule has 0 spiro atoms. The van der Waals surface area contributed by atoms with E-state index < -0.39 is 16.9 Å². The first-order valence-electron chi connectivity index (χ1n) is 8.03. The standard InChI is InChI=1S/C18H20N4O3/c1-18(13-7-5-4-6-8-13)12-22(9-10-25-18)15-14(11-19)16(23)21(3)17(24)20(15)2/h4-8H,9-10,12H2,1-3H3. The summed E-state index contributed by atoms with van der Waals surface area (Å²) in [6.45, 7) is 3.34. The van der Waals surface area contributed by atoms with Gasteiger partial charge in [0.2, 0.25) is 0 Å². The van der Waals surface area contributed by atoms with Gasteiger partial charge in [0, 0.05) is 20.6 Å². The maximum atomic E-state index is 12.3. The van der Waals surface area contributed by atoms with Crippen LogP contribution >= 0.6 is 0 Å². The van der Waals surface area contributed by atoms with Gasteiger partial charge in [-0.15, -0.1) is 0 Å². The quantitative estimate of drug-likeness (QED) is 0.804. The first kappa shape index (κ1) is 17.0. The van der Waals surface area contributed by atoms with E-state index in [9.17, 15) is 14.9 Å². The smallest absolute Gasteiger partial charge is 0.332 e. The van der Waals surface area contributed by atoms with Gasteiger partial charge in [0.1, 0.15) is 17.5 Å². The van der Waals surface area contributed by atoms with Crippen molar-refractivity contribution < 1.29 is 4.74 Å². The van der Waals surface area contributed by atoms with Crippen LogP contribution in [0.1, 0.15) is 18.1 Å². The van der Waals surface area contributed by atoms with Crippen LogP contribution in [0.5, 0.6) is 0 Å². The molecule has 1 aliphatic rings. The minimum atomic E-state index is -0.594. The number of rotatable bonds is 2. The lowest BCUT2D eigenvalue weighted by atomic mass is 9.93. The van der Waals surface area contributed by atoms with Gasteiger partial charge in [0.05, 0.1) is 13.2 Å². The highest BCUT2D eigenvalue weighted by Crippen LogP contribution is 2.31. The average Bonchev–Trinajstić information content (AvgIpc) is 2.63. The molecule has 3 rings (SSSR count). The third-order valence-corrected chi connectivity index (χ3v) is 4.70. The Kier molecular flexibility index (Phi) is 4.23. The number of morpholine rings is 1. The Labute approximate surface area is 145 Å². The molecule has 2 aromatic rings. The van der Waals surface area contributed by atoms with Crippen molar-refractivity contribution in [2.75, 3.05) is 24.6 Å². The molecule has 0 amide bonds. The molecular formula is C18H20N4O3. The molecule has 0 N–H and O–H groups in total. The number of nitriles is 1. The molecule has 0 radical (unpaired) electrons. The molecule has 0 saturated carbocycles. The number of nitrogens with zero attached hydrogens (tertiary/aromatic N) is 4. The molecule has 2 heterocycles. The van der Waals surface area contributed by atoms with Gasteiger partial charge in [-0.2, -0.15) is 5.26 Å². The van der Waals surface area contributed by atoms with Gasteiger partial charge < -0.3 is 9.64 Å². The molecule has 25 heavy (non-hydrogen) atoms. The van der Waals surface area contributed by atoms with E-state index in [1.807, 2.05) is 48.2 Å². The fraction of sp³-hybridized carbons (Fsp3) is 0.389. The van der Waals surface area contributed by atoms with Crippen LogP contribution in [0.25, 0.3) is 0 Å². The number of hydrogen-bond acceptors (Lipinski definition) is 5. The second-order valence-electron chi connectivity index (χ2n) is 6.38. The second kappa shape index (κ2) is 6.22. The van der Waals surface area contributed by atoms with E-state index in [4.69, 9.17) is 4.74 Å². The third kappa shape index (κ3) is 2.75. The second-order valence-corrected chi connectivity index (χ2v) is 6.38. The summed E-state index contributed by atoms with van der Waals surface area (Å²) in [7, 11) is 2.95. The molecule has 130 valence electrons. The molecule has 7 heteroatoms. The highest BCUT2D eigenvalue weighted by atomic mass is 16.5. The van der Waals surface area contributed by atoms with Crippen molar-refractivity contribution in [3.05, 3.63) is 62.3 Å². The molecular weight excluding hydrogens is 320 g/mol. The molecule has 1 fully saturated rings. The fourth-order valence-corrected chi connectivity index (χ4v) is 3.32. The Balaban J connectivity index is 2.11. The normalized spacial score (nSPS) is 20.3. The van der Waals surface area contributed by atoms with Gasteiger partial charge in [-0.3, -0.25) is 13.9 Å². The summed E-state index contributed by atoms with van der Waals surface area (Å²) in [4.78, 5) is 26.5. The summed E-state index contributed by atoms with van der Waals surface area (Å²) in [5, 5.41) is 9.48. The van der Waals surface area contributed by atoms with Crippen LogP contribution in [-0.4, -0.2) is 28.8 Å². The van der Waals surface area contributed by atoms with Gasteiger partial charge in [0.15, 0.2) is 5.56 Å². The molecule has 1 aliphatic heterocycles. The van der Waals surface area contributed by atoms with Gasteiger partial charge in [-0.05, 0) is 12.5 Å². The SMILES string of the molecule is Cn1c(N2CCOC(C)(c3ccccc3)C2)c(C#N)c(=O)n(C)c1=O.